The van der Waals surface area contributed by atoms with Crippen LogP contribution < -0.4 is 4.74 Å². The van der Waals surface area contributed by atoms with E-state index in [9.17, 15) is 14.4 Å². The summed E-state index contributed by atoms with van der Waals surface area (Å²) < 4.78 is 12.6. The average molecular weight is 407 g/mol. The first-order valence-corrected chi connectivity index (χ1v) is 9.62. The number of ether oxygens (including phenoxy) is 1. The largest absolute Gasteiger partial charge is 0.497 e. The standard InChI is InChI=1S/C22H21N3O5/c1-29-16-6-2-5-15(13-16)20(26)18-19(17-7-3-12-30-17)25(22(28)21(18)27)10-4-9-24-11-8-23-14-24/h2-3,5-8,11-14,18-19H,4,9-10H2,1H3. The molecule has 0 aliphatic carbocycles. The molecule has 2 unspecified atom stereocenters. The molecular formula is C22H21N3O5. The molecule has 2 atom stereocenters. The van der Waals surface area contributed by atoms with Crippen molar-refractivity contribution >= 4 is 17.5 Å². The van der Waals surface area contributed by atoms with Crippen LogP contribution in [-0.4, -0.2) is 45.6 Å². The van der Waals surface area contributed by atoms with Crippen LogP contribution in [0.2, 0.25) is 0 Å². The Labute approximate surface area is 173 Å². The van der Waals surface area contributed by atoms with Crippen LogP contribution in [0.1, 0.15) is 28.6 Å². The topological polar surface area (TPSA) is 94.6 Å². The smallest absolute Gasteiger partial charge is 0.291 e. The highest BCUT2D eigenvalue weighted by Crippen LogP contribution is 2.38. The first-order chi connectivity index (χ1) is 14.6. The molecule has 154 valence electrons. The Morgan fingerprint density at radius 2 is 2.07 bits per heavy atom. The summed E-state index contributed by atoms with van der Waals surface area (Å²) in [6.07, 6.45) is 7.28. The number of hydrogen-bond acceptors (Lipinski definition) is 6. The van der Waals surface area contributed by atoms with Crippen LogP contribution in [0.3, 0.4) is 0 Å². The minimum atomic E-state index is -1.16. The Morgan fingerprint density at radius 3 is 2.77 bits per heavy atom. The van der Waals surface area contributed by atoms with Crippen molar-refractivity contribution in [2.45, 2.75) is 19.0 Å². The Bertz CT molecular complexity index is 1040. The second kappa shape index (κ2) is 8.36. The molecule has 1 saturated heterocycles. The number of carbonyl (C=O) groups excluding carboxylic acids is 3. The number of nitrogens with zero attached hydrogens (tertiary/aromatic N) is 3. The number of ketones is 2. The monoisotopic (exact) mass is 407 g/mol. The SMILES string of the molecule is COc1cccc(C(=O)C2C(=O)C(=O)N(CCCn3ccnc3)C2c2ccco2)c1. The normalized spacial score (nSPS) is 18.8. The first kappa shape index (κ1) is 19.6. The van der Waals surface area contributed by atoms with E-state index in [4.69, 9.17) is 9.15 Å². The average Bonchev–Trinajstić information content (AvgIpc) is 3.52. The van der Waals surface area contributed by atoms with Gasteiger partial charge < -0.3 is 18.6 Å². The maximum Gasteiger partial charge on any atom is 0.291 e. The van der Waals surface area contributed by atoms with E-state index >= 15 is 0 Å². The highest BCUT2D eigenvalue weighted by atomic mass is 16.5. The molecule has 1 fully saturated rings. The minimum Gasteiger partial charge on any atom is -0.497 e. The van der Waals surface area contributed by atoms with Crippen molar-refractivity contribution in [2.24, 2.45) is 5.92 Å². The Morgan fingerprint density at radius 1 is 1.20 bits per heavy atom. The van der Waals surface area contributed by atoms with Crippen molar-refractivity contribution in [2.75, 3.05) is 13.7 Å². The zero-order valence-electron chi connectivity index (χ0n) is 16.4. The fraction of sp³-hybridized carbons (Fsp3) is 0.273. The predicted octanol–water partition coefficient (Wildman–Crippen LogP) is 2.53. The highest BCUT2D eigenvalue weighted by Gasteiger charge is 2.52. The number of methoxy groups -OCH3 is 1. The summed E-state index contributed by atoms with van der Waals surface area (Å²) in [7, 11) is 1.50. The molecular weight excluding hydrogens is 386 g/mol. The summed E-state index contributed by atoms with van der Waals surface area (Å²) in [5, 5.41) is 0. The number of aryl methyl sites for hydroxylation is 1. The van der Waals surface area contributed by atoms with Crippen LogP contribution in [0.5, 0.6) is 5.75 Å². The van der Waals surface area contributed by atoms with E-state index in [1.54, 1.807) is 48.9 Å². The van der Waals surface area contributed by atoms with Gasteiger partial charge in [-0.05, 0) is 30.7 Å². The van der Waals surface area contributed by atoms with Crippen LogP contribution in [0.4, 0.5) is 0 Å². The molecule has 30 heavy (non-hydrogen) atoms. The van der Waals surface area contributed by atoms with Crippen molar-refractivity contribution in [3.8, 4) is 5.75 Å². The Kier molecular flexibility index (Phi) is 5.47. The second-order valence-corrected chi connectivity index (χ2v) is 7.05. The molecule has 2 aromatic heterocycles. The van der Waals surface area contributed by atoms with Gasteiger partial charge in [0, 0.05) is 31.0 Å². The molecule has 0 bridgehead atoms. The molecule has 3 heterocycles. The van der Waals surface area contributed by atoms with E-state index in [0.717, 1.165) is 0 Å². The molecule has 0 saturated carbocycles. The fourth-order valence-corrected chi connectivity index (χ4v) is 3.80. The van der Waals surface area contributed by atoms with Crippen molar-refractivity contribution in [3.63, 3.8) is 0 Å². The second-order valence-electron chi connectivity index (χ2n) is 7.05. The van der Waals surface area contributed by atoms with E-state index in [0.29, 0.717) is 36.6 Å². The number of imidazole rings is 1. The van der Waals surface area contributed by atoms with Gasteiger partial charge in [-0.15, -0.1) is 0 Å². The van der Waals surface area contributed by atoms with Gasteiger partial charge in [0.15, 0.2) is 5.78 Å². The minimum absolute atomic E-state index is 0.315. The molecule has 1 aromatic carbocycles. The van der Waals surface area contributed by atoms with E-state index < -0.39 is 29.4 Å². The number of carbonyl (C=O) groups is 3. The van der Waals surface area contributed by atoms with Gasteiger partial charge in [0.2, 0.25) is 5.78 Å². The number of hydrogen-bond donors (Lipinski definition) is 0. The lowest BCUT2D eigenvalue weighted by molar-refractivity contribution is -0.140. The molecule has 0 N–H and O–H groups in total. The summed E-state index contributed by atoms with van der Waals surface area (Å²) >= 11 is 0. The lowest BCUT2D eigenvalue weighted by atomic mass is 9.88. The van der Waals surface area contributed by atoms with Gasteiger partial charge in [-0.3, -0.25) is 14.4 Å². The van der Waals surface area contributed by atoms with Crippen molar-refractivity contribution < 1.29 is 23.5 Å². The summed E-state index contributed by atoms with van der Waals surface area (Å²) in [6.45, 7) is 0.952. The third kappa shape index (κ3) is 3.63. The third-order valence-corrected chi connectivity index (χ3v) is 5.25. The van der Waals surface area contributed by atoms with Gasteiger partial charge in [0.25, 0.3) is 5.91 Å². The van der Waals surface area contributed by atoms with Gasteiger partial charge >= 0.3 is 0 Å². The number of Topliss-reactive ketones (excluding diaryl/α,β-unsaturated/α-hetero) is 2. The van der Waals surface area contributed by atoms with E-state index in [1.165, 1.54) is 18.3 Å². The summed E-state index contributed by atoms with van der Waals surface area (Å²) in [5.41, 5.74) is 0.317. The molecule has 1 aliphatic rings. The number of likely N-dealkylation sites (tertiary alicyclic amines) is 1. The number of amides is 1. The van der Waals surface area contributed by atoms with E-state index in [1.807, 2.05) is 10.8 Å². The van der Waals surface area contributed by atoms with Crippen molar-refractivity contribution in [1.82, 2.24) is 14.5 Å². The maximum absolute atomic E-state index is 13.3. The molecule has 0 radical (unpaired) electrons. The molecule has 1 amide bonds. The molecule has 8 heteroatoms. The number of aromatic nitrogens is 2. The highest BCUT2D eigenvalue weighted by molar-refractivity contribution is 6.44. The van der Waals surface area contributed by atoms with Gasteiger partial charge in [-0.25, -0.2) is 4.98 Å². The van der Waals surface area contributed by atoms with Crippen LogP contribution in [0, 0.1) is 5.92 Å². The predicted molar refractivity (Wildman–Crippen MR) is 106 cm³/mol. The lowest BCUT2D eigenvalue weighted by Crippen LogP contribution is -2.32. The van der Waals surface area contributed by atoms with Crippen LogP contribution in [0.25, 0.3) is 0 Å². The van der Waals surface area contributed by atoms with Crippen LogP contribution in [0.15, 0.2) is 65.8 Å². The van der Waals surface area contributed by atoms with Gasteiger partial charge in [0.1, 0.15) is 23.5 Å². The zero-order chi connectivity index (χ0) is 21.1. The van der Waals surface area contributed by atoms with Crippen LogP contribution in [-0.2, 0) is 16.1 Å². The molecule has 4 rings (SSSR count). The number of furan rings is 1. The maximum atomic E-state index is 13.3. The molecule has 0 spiro atoms. The van der Waals surface area contributed by atoms with Crippen molar-refractivity contribution in [3.05, 3.63) is 72.7 Å². The lowest BCUT2D eigenvalue weighted by Gasteiger charge is -2.25. The number of benzene rings is 1. The van der Waals surface area contributed by atoms with E-state index in [2.05, 4.69) is 4.98 Å². The molecule has 1 aliphatic heterocycles. The first-order valence-electron chi connectivity index (χ1n) is 9.62. The Balaban J connectivity index is 1.62. The fourth-order valence-electron chi connectivity index (χ4n) is 3.80. The molecule has 8 nitrogen and oxygen atoms in total. The summed E-state index contributed by atoms with van der Waals surface area (Å²) in [5.74, 6) is -2.05. The van der Waals surface area contributed by atoms with Gasteiger partial charge in [0.05, 0.1) is 19.7 Å². The van der Waals surface area contributed by atoms with Crippen molar-refractivity contribution in [1.29, 1.82) is 0 Å². The van der Waals surface area contributed by atoms with Gasteiger partial charge in [-0.1, -0.05) is 12.1 Å². The van der Waals surface area contributed by atoms with E-state index in [-0.39, 0.29) is 0 Å². The van der Waals surface area contributed by atoms with Gasteiger partial charge in [-0.2, -0.15) is 0 Å². The third-order valence-electron chi connectivity index (χ3n) is 5.25. The zero-order valence-corrected chi connectivity index (χ0v) is 16.4. The Hall–Kier alpha value is -3.68. The summed E-state index contributed by atoms with van der Waals surface area (Å²) in [6, 6.07) is 9.17. The summed E-state index contributed by atoms with van der Waals surface area (Å²) in [4.78, 5) is 44.4. The quantitative estimate of drug-likeness (QED) is 0.324. The van der Waals surface area contributed by atoms with Crippen LogP contribution >= 0.6 is 0 Å². The molecule has 3 aromatic rings. The number of rotatable bonds is 8.